The summed E-state index contributed by atoms with van der Waals surface area (Å²) in [5.41, 5.74) is 1.15. The molecular weight excluding hydrogens is 551 g/mol. The number of anilines is 1. The fraction of sp³-hybridized carbons (Fsp3) is 0.848. The molecule has 1 heterocycles. The molecule has 0 aliphatic carbocycles. The lowest BCUT2D eigenvalue weighted by Gasteiger charge is -2.23. The molecule has 1 rings (SSSR count). The molecule has 0 saturated heterocycles. The number of hydrogen-bond acceptors (Lipinski definition) is 7. The van der Waals surface area contributed by atoms with Crippen LogP contribution in [0, 0.1) is 0 Å². The molecule has 246 valence electrons. The Morgan fingerprint density at radius 2 is 1.26 bits per heavy atom. The third-order valence-corrected chi connectivity index (χ3v) is 8.37. The fourth-order valence-electron chi connectivity index (χ4n) is 4.73. The standard InChI is InChI=1S/C33H63N2O6P/c1-5-7-8-9-10-11-12-13-14-15-16-17-18-20-28-38-30-33(39-27-6-2)31-41-42(36,37)40-29-21-19-24-35-25-22-32(23-26-35)34(3)4/h22-23,25-26,33H,5-21,24,27-31H2,1-4H3/p+1/t33-/m1/s1. The normalized spacial score (nSPS) is 13.8. The monoisotopic (exact) mass is 615 g/mol. The van der Waals surface area contributed by atoms with Gasteiger partial charge in [0.05, 0.1) is 13.2 Å². The summed E-state index contributed by atoms with van der Waals surface area (Å²) in [6.45, 7) is 6.84. The lowest BCUT2D eigenvalue weighted by Crippen LogP contribution is -2.33. The molecule has 1 unspecified atom stereocenters. The summed E-state index contributed by atoms with van der Waals surface area (Å²) >= 11 is 0. The van der Waals surface area contributed by atoms with Gasteiger partial charge in [-0.1, -0.05) is 97.3 Å². The van der Waals surface area contributed by atoms with Crippen molar-refractivity contribution < 1.29 is 32.9 Å². The van der Waals surface area contributed by atoms with E-state index in [-0.39, 0.29) is 19.3 Å². The lowest BCUT2D eigenvalue weighted by atomic mass is 10.0. The van der Waals surface area contributed by atoms with E-state index in [0.29, 0.717) is 26.2 Å². The van der Waals surface area contributed by atoms with Gasteiger partial charge in [0.2, 0.25) is 0 Å². The third kappa shape index (κ3) is 22.6. The van der Waals surface area contributed by atoms with Gasteiger partial charge in [0.15, 0.2) is 12.4 Å². The van der Waals surface area contributed by atoms with Crippen molar-refractivity contribution in [3.05, 3.63) is 24.5 Å². The van der Waals surface area contributed by atoms with Crippen molar-refractivity contribution in [3.63, 3.8) is 0 Å². The summed E-state index contributed by atoms with van der Waals surface area (Å²) in [7, 11) is -0.107. The Morgan fingerprint density at radius 1 is 0.714 bits per heavy atom. The summed E-state index contributed by atoms with van der Waals surface area (Å²) in [6.07, 6.45) is 24.7. The minimum absolute atomic E-state index is 0.0272. The van der Waals surface area contributed by atoms with Crippen LogP contribution in [0.2, 0.25) is 0 Å². The number of phosphoric acid groups is 1. The van der Waals surface area contributed by atoms with Crippen LogP contribution in [0.4, 0.5) is 5.69 Å². The second-order valence-corrected chi connectivity index (χ2v) is 13.1. The van der Waals surface area contributed by atoms with Gasteiger partial charge in [-0.3, -0.25) is 0 Å². The molecule has 9 heteroatoms. The Bertz CT molecular complexity index is 723. The van der Waals surface area contributed by atoms with Crippen molar-refractivity contribution in [2.24, 2.45) is 0 Å². The average molecular weight is 616 g/mol. The van der Waals surface area contributed by atoms with Crippen LogP contribution < -0.4 is 14.4 Å². The summed E-state index contributed by atoms with van der Waals surface area (Å²) in [5, 5.41) is 0. The van der Waals surface area contributed by atoms with Gasteiger partial charge < -0.3 is 19.3 Å². The van der Waals surface area contributed by atoms with Crippen LogP contribution in [0.5, 0.6) is 0 Å². The van der Waals surface area contributed by atoms with Gasteiger partial charge in [-0.15, -0.1) is 0 Å². The molecule has 2 atom stereocenters. The smallest absolute Gasteiger partial charge is 0.376 e. The molecule has 0 saturated carbocycles. The van der Waals surface area contributed by atoms with E-state index in [9.17, 15) is 9.79 Å². The molecule has 8 nitrogen and oxygen atoms in total. The molecule has 0 radical (unpaired) electrons. The zero-order valence-electron chi connectivity index (χ0n) is 27.5. The highest BCUT2D eigenvalue weighted by molar-refractivity contribution is 7.52. The largest absolute Gasteiger partial charge is 0.606 e. The maximum Gasteiger partial charge on any atom is 0.376 e. The molecule has 0 aromatic carbocycles. The van der Waals surface area contributed by atoms with Crippen molar-refractivity contribution in [3.8, 4) is 0 Å². The molecule has 0 amide bonds. The molecule has 0 fully saturated rings. The highest BCUT2D eigenvalue weighted by atomic mass is 31.2. The second-order valence-electron chi connectivity index (χ2n) is 11.7. The minimum Gasteiger partial charge on any atom is -0.606 e. The number of pyridine rings is 1. The average Bonchev–Trinajstić information content (AvgIpc) is 2.98. The number of hydrogen-bond donors (Lipinski definition) is 1. The first-order chi connectivity index (χ1) is 20.4. The Labute approximate surface area is 258 Å². The molecule has 1 aromatic rings. The molecule has 0 aliphatic heterocycles. The topological polar surface area (TPSA) is 87.3 Å². The van der Waals surface area contributed by atoms with Gasteiger partial charge in [-0.25, -0.2) is 4.57 Å². The first-order valence-corrected chi connectivity index (χ1v) is 18.3. The summed E-state index contributed by atoms with van der Waals surface area (Å²) in [6, 6.07) is 4.12. The SMILES string of the molecule is CCCCCCCCCCCCCCCCOC[C@H](CO[P+]([O-])(O)OCCCC[n+]1ccc(N(C)C)cc1)OCCC. The summed E-state index contributed by atoms with van der Waals surface area (Å²) in [5.74, 6) is 0. The van der Waals surface area contributed by atoms with E-state index in [2.05, 4.69) is 28.5 Å². The molecule has 0 aliphatic rings. The quantitative estimate of drug-likeness (QED) is 0.0557. The van der Waals surface area contributed by atoms with Gasteiger partial charge in [-0.05, 0) is 19.3 Å². The van der Waals surface area contributed by atoms with Crippen LogP contribution in [0.15, 0.2) is 24.5 Å². The van der Waals surface area contributed by atoms with E-state index in [1.807, 2.05) is 33.4 Å². The van der Waals surface area contributed by atoms with Crippen LogP contribution in [0.3, 0.4) is 0 Å². The van der Waals surface area contributed by atoms with Gasteiger partial charge in [0.25, 0.3) is 0 Å². The van der Waals surface area contributed by atoms with Gasteiger partial charge >= 0.3 is 8.17 Å². The van der Waals surface area contributed by atoms with Crippen LogP contribution in [-0.4, -0.2) is 58.1 Å². The van der Waals surface area contributed by atoms with E-state index >= 15 is 0 Å². The lowest BCUT2D eigenvalue weighted by molar-refractivity contribution is -0.697. The van der Waals surface area contributed by atoms with E-state index in [1.165, 1.54) is 83.5 Å². The summed E-state index contributed by atoms with van der Waals surface area (Å²) in [4.78, 5) is 24.5. The number of nitrogens with zero attached hydrogens (tertiary/aromatic N) is 2. The Kier molecular flexibility index (Phi) is 24.7. The van der Waals surface area contributed by atoms with Crippen molar-refractivity contribution >= 4 is 13.9 Å². The zero-order chi connectivity index (χ0) is 30.7. The number of phosphoric ester groups is 1. The molecule has 1 N–H and O–H groups in total. The van der Waals surface area contributed by atoms with Gasteiger partial charge in [0.1, 0.15) is 19.3 Å². The highest BCUT2D eigenvalue weighted by Gasteiger charge is 2.29. The second kappa shape index (κ2) is 26.5. The highest BCUT2D eigenvalue weighted by Crippen LogP contribution is 2.47. The van der Waals surface area contributed by atoms with Crippen molar-refractivity contribution in [1.82, 2.24) is 0 Å². The Balaban J connectivity index is 2.06. The maximum atomic E-state index is 12.4. The zero-order valence-corrected chi connectivity index (χ0v) is 28.4. The first-order valence-electron chi connectivity index (χ1n) is 16.9. The van der Waals surface area contributed by atoms with Crippen LogP contribution in [0.25, 0.3) is 0 Å². The van der Waals surface area contributed by atoms with E-state index in [0.717, 1.165) is 31.5 Å². The van der Waals surface area contributed by atoms with Crippen molar-refractivity contribution in [1.29, 1.82) is 0 Å². The maximum absolute atomic E-state index is 12.4. The van der Waals surface area contributed by atoms with Crippen LogP contribution in [0.1, 0.15) is 123 Å². The number of aromatic nitrogens is 1. The molecule has 42 heavy (non-hydrogen) atoms. The molecular formula is C33H64N2O6P+. The first kappa shape index (κ1) is 39.2. The molecule has 0 spiro atoms. The molecule has 1 aromatic heterocycles. The Hall–Kier alpha value is -0.860. The number of ether oxygens (including phenoxy) is 2. The van der Waals surface area contributed by atoms with Crippen LogP contribution in [-0.2, 0) is 25.1 Å². The van der Waals surface area contributed by atoms with Crippen LogP contribution >= 0.6 is 8.17 Å². The minimum atomic E-state index is -4.13. The Morgan fingerprint density at radius 3 is 1.81 bits per heavy atom. The van der Waals surface area contributed by atoms with Gasteiger partial charge in [0, 0.05) is 51.6 Å². The van der Waals surface area contributed by atoms with Gasteiger partial charge in [-0.2, -0.15) is 13.9 Å². The predicted molar refractivity (Wildman–Crippen MR) is 172 cm³/mol. The fourth-order valence-corrected chi connectivity index (χ4v) is 5.52. The third-order valence-electron chi connectivity index (χ3n) is 7.38. The van der Waals surface area contributed by atoms with E-state index in [1.54, 1.807) is 0 Å². The molecule has 0 bridgehead atoms. The summed E-state index contributed by atoms with van der Waals surface area (Å²) < 4.78 is 24.1. The van der Waals surface area contributed by atoms with Crippen molar-refractivity contribution in [2.45, 2.75) is 136 Å². The van der Waals surface area contributed by atoms with E-state index in [4.69, 9.17) is 18.5 Å². The van der Waals surface area contributed by atoms with Crippen molar-refractivity contribution in [2.75, 3.05) is 52.0 Å². The number of aryl methyl sites for hydroxylation is 1. The number of unbranched alkanes of at least 4 members (excludes halogenated alkanes) is 14. The number of rotatable bonds is 30. The predicted octanol–water partition coefficient (Wildman–Crippen LogP) is 7.18. The van der Waals surface area contributed by atoms with E-state index < -0.39 is 8.17 Å².